The Bertz CT molecular complexity index is 1680. The van der Waals surface area contributed by atoms with Crippen molar-refractivity contribution in [3.8, 4) is 52.2 Å². The molecule has 202 valence electrons. The minimum Gasteiger partial charge on any atom is -0.493 e. The van der Waals surface area contributed by atoms with Crippen molar-refractivity contribution in [1.82, 2.24) is 9.88 Å². The van der Waals surface area contributed by atoms with Crippen LogP contribution in [0.25, 0.3) is 22.2 Å². The number of rotatable bonds is 8. The smallest absolute Gasteiger partial charge is 0.248 e. The van der Waals surface area contributed by atoms with Crippen LogP contribution in [0.4, 0.5) is 0 Å². The van der Waals surface area contributed by atoms with Gasteiger partial charge in [0.05, 0.1) is 19.9 Å². The van der Waals surface area contributed by atoms with Crippen molar-refractivity contribution in [2.45, 2.75) is 13.0 Å². The van der Waals surface area contributed by atoms with Gasteiger partial charge in [-0.15, -0.1) is 5.92 Å². The number of nitrogens with one attached hydrogen (secondary N) is 1. The molecule has 0 saturated heterocycles. The van der Waals surface area contributed by atoms with E-state index < -0.39 is 6.10 Å². The third kappa shape index (κ3) is 5.47. The molecule has 1 aromatic heterocycles. The van der Waals surface area contributed by atoms with Crippen LogP contribution in [-0.2, 0) is 4.84 Å². The Morgan fingerprint density at radius 2 is 1.68 bits per heavy atom. The number of oxime groups is 1. The summed E-state index contributed by atoms with van der Waals surface area (Å²) in [4.78, 5) is 11.6. The van der Waals surface area contributed by atoms with E-state index in [1.807, 2.05) is 74.8 Å². The summed E-state index contributed by atoms with van der Waals surface area (Å²) < 4.78 is 17.2. The van der Waals surface area contributed by atoms with E-state index in [0.29, 0.717) is 23.8 Å². The molecule has 0 amide bonds. The van der Waals surface area contributed by atoms with E-state index >= 15 is 0 Å². The molecule has 0 saturated carbocycles. The highest BCUT2D eigenvalue weighted by Crippen LogP contribution is 2.46. The predicted octanol–water partition coefficient (Wildman–Crippen LogP) is 5.32. The molecular weight excluding hydrogens is 502 g/mol. The molecule has 7 heteroatoms. The fraction of sp³-hybridized carbons (Fsp3) is 0.242. The molecule has 1 atom stereocenters. The van der Waals surface area contributed by atoms with Crippen molar-refractivity contribution in [2.24, 2.45) is 5.16 Å². The Morgan fingerprint density at radius 3 is 2.38 bits per heavy atom. The van der Waals surface area contributed by atoms with Gasteiger partial charge in [-0.25, -0.2) is 0 Å². The van der Waals surface area contributed by atoms with E-state index in [1.54, 1.807) is 21.1 Å². The van der Waals surface area contributed by atoms with Crippen molar-refractivity contribution in [1.29, 1.82) is 0 Å². The van der Waals surface area contributed by atoms with Crippen LogP contribution in [0.15, 0.2) is 65.8 Å². The number of likely N-dealkylation sites (N-methyl/N-ethyl adjacent to an activating group) is 1. The van der Waals surface area contributed by atoms with Crippen LogP contribution in [0.2, 0.25) is 0 Å². The van der Waals surface area contributed by atoms with Crippen LogP contribution < -0.4 is 14.2 Å². The van der Waals surface area contributed by atoms with Crippen molar-refractivity contribution in [3.63, 3.8) is 0 Å². The molecule has 1 unspecified atom stereocenters. The zero-order chi connectivity index (χ0) is 28.1. The first-order chi connectivity index (χ1) is 19.5. The molecule has 1 aliphatic carbocycles. The van der Waals surface area contributed by atoms with Gasteiger partial charge in [0.2, 0.25) is 6.10 Å². The second-order valence-electron chi connectivity index (χ2n) is 9.44. The normalized spacial score (nSPS) is 13.1. The van der Waals surface area contributed by atoms with Gasteiger partial charge >= 0.3 is 0 Å². The number of benzene rings is 3. The van der Waals surface area contributed by atoms with E-state index in [4.69, 9.17) is 19.0 Å². The molecule has 7 nitrogen and oxygen atoms in total. The molecule has 5 rings (SSSR count). The number of fused-ring (bicyclic) bond motifs is 5. The summed E-state index contributed by atoms with van der Waals surface area (Å²) in [5.41, 5.74) is 6.14. The molecule has 0 bridgehead atoms. The lowest BCUT2D eigenvalue weighted by atomic mass is 10.1. The van der Waals surface area contributed by atoms with Crippen molar-refractivity contribution in [2.75, 3.05) is 41.5 Å². The first-order valence-corrected chi connectivity index (χ1v) is 13.0. The number of aromatic amines is 1. The summed E-state index contributed by atoms with van der Waals surface area (Å²) in [6.45, 7) is 3.16. The number of methoxy groups -OCH3 is 2. The summed E-state index contributed by atoms with van der Waals surface area (Å²) in [6, 6.07) is 19.6. The molecular formula is C33H31N3O4. The van der Waals surface area contributed by atoms with Crippen LogP contribution in [0.3, 0.4) is 0 Å². The van der Waals surface area contributed by atoms with Gasteiger partial charge in [0.25, 0.3) is 0 Å². The Morgan fingerprint density at radius 1 is 0.925 bits per heavy atom. The zero-order valence-corrected chi connectivity index (χ0v) is 23.3. The molecule has 40 heavy (non-hydrogen) atoms. The molecule has 3 aromatic carbocycles. The average Bonchev–Trinajstić information content (AvgIpc) is 3.48. The van der Waals surface area contributed by atoms with E-state index in [2.05, 4.69) is 38.7 Å². The topological polar surface area (TPSA) is 68.3 Å². The standard InChI is InChI=1S/C33H31N3O4/c1-6-10-23(14-13-22-11-8-7-9-12-22)40-35-33-26-21-30(38-5)29(37-4)20-25(26)32-31(33)27-19-24(15-16-28(27)34-32)39-18-17-36(2)3/h7-9,11-12,15-16,19-21,23,34H,17-18H2,1-5H3/b35-33-. The van der Waals surface area contributed by atoms with Crippen LogP contribution in [0, 0.1) is 23.7 Å². The Kier molecular flexibility index (Phi) is 7.96. The zero-order valence-electron chi connectivity index (χ0n) is 23.3. The van der Waals surface area contributed by atoms with Crippen molar-refractivity contribution in [3.05, 3.63) is 77.4 Å². The second-order valence-corrected chi connectivity index (χ2v) is 9.44. The van der Waals surface area contributed by atoms with Gasteiger partial charge in [0.15, 0.2) is 11.5 Å². The largest absolute Gasteiger partial charge is 0.493 e. The number of ether oxygens (including phenoxy) is 3. The van der Waals surface area contributed by atoms with Crippen LogP contribution in [-0.4, -0.2) is 63.2 Å². The summed E-state index contributed by atoms with van der Waals surface area (Å²) in [6.07, 6.45) is -0.708. The Balaban J connectivity index is 1.59. The predicted molar refractivity (Wildman–Crippen MR) is 158 cm³/mol. The summed E-state index contributed by atoms with van der Waals surface area (Å²) in [5.74, 6) is 14.1. The maximum Gasteiger partial charge on any atom is 0.248 e. The number of H-pyrrole nitrogens is 1. The maximum absolute atomic E-state index is 6.04. The quantitative estimate of drug-likeness (QED) is 0.216. The average molecular weight is 534 g/mol. The van der Waals surface area contributed by atoms with Gasteiger partial charge in [-0.1, -0.05) is 29.3 Å². The number of hydrogen-bond donors (Lipinski definition) is 1. The fourth-order valence-electron chi connectivity index (χ4n) is 4.56. The highest BCUT2D eigenvalue weighted by atomic mass is 16.6. The summed E-state index contributed by atoms with van der Waals surface area (Å²) in [7, 11) is 7.29. The number of nitrogens with zero attached hydrogens (tertiary/aromatic N) is 2. The van der Waals surface area contributed by atoms with Gasteiger partial charge in [-0.2, -0.15) is 0 Å². The number of aromatic nitrogens is 1. The monoisotopic (exact) mass is 533 g/mol. The van der Waals surface area contributed by atoms with Crippen LogP contribution in [0.5, 0.6) is 17.2 Å². The van der Waals surface area contributed by atoms with Gasteiger partial charge in [-0.3, -0.25) is 0 Å². The van der Waals surface area contributed by atoms with Crippen molar-refractivity contribution < 1.29 is 19.0 Å². The van der Waals surface area contributed by atoms with Gasteiger partial charge < -0.3 is 28.9 Å². The first-order valence-electron chi connectivity index (χ1n) is 13.0. The Hall–Kier alpha value is -4.85. The summed E-state index contributed by atoms with van der Waals surface area (Å²) in [5, 5.41) is 5.63. The molecule has 1 N–H and O–H groups in total. The highest BCUT2D eigenvalue weighted by Gasteiger charge is 2.32. The molecule has 0 aliphatic heterocycles. The molecule has 1 heterocycles. The first kappa shape index (κ1) is 26.7. The van der Waals surface area contributed by atoms with Gasteiger partial charge in [-0.05, 0) is 75.3 Å². The lowest BCUT2D eigenvalue weighted by Crippen LogP contribution is -2.19. The molecule has 4 aromatic rings. The van der Waals surface area contributed by atoms with Gasteiger partial charge in [0, 0.05) is 39.7 Å². The SMILES string of the molecule is CC#CC(C#Cc1ccccc1)O/N=C1/c2cc(OC)c(OC)cc2-c2[nH]c3ccc(OCCN(C)C)cc3c21. The molecule has 0 spiro atoms. The minimum absolute atomic E-state index is 0.585. The van der Waals surface area contributed by atoms with Crippen LogP contribution >= 0.6 is 0 Å². The van der Waals surface area contributed by atoms with E-state index in [0.717, 1.165) is 51.1 Å². The maximum atomic E-state index is 6.04. The fourth-order valence-corrected chi connectivity index (χ4v) is 4.56. The third-order valence-electron chi connectivity index (χ3n) is 6.51. The van der Waals surface area contributed by atoms with E-state index in [-0.39, 0.29) is 0 Å². The Labute approximate surface area is 234 Å². The van der Waals surface area contributed by atoms with E-state index in [9.17, 15) is 0 Å². The number of hydrogen-bond acceptors (Lipinski definition) is 6. The molecule has 1 aliphatic rings. The third-order valence-corrected chi connectivity index (χ3v) is 6.51. The highest BCUT2D eigenvalue weighted by molar-refractivity contribution is 6.30. The van der Waals surface area contributed by atoms with Crippen LogP contribution in [0.1, 0.15) is 23.6 Å². The van der Waals surface area contributed by atoms with Gasteiger partial charge in [0.1, 0.15) is 18.1 Å². The van der Waals surface area contributed by atoms with E-state index in [1.165, 1.54) is 0 Å². The van der Waals surface area contributed by atoms with Crippen molar-refractivity contribution >= 4 is 16.6 Å². The second kappa shape index (κ2) is 11.9. The lowest BCUT2D eigenvalue weighted by Gasteiger charge is -2.12. The summed E-state index contributed by atoms with van der Waals surface area (Å²) >= 11 is 0. The molecule has 0 radical (unpaired) electrons. The molecule has 0 fully saturated rings. The minimum atomic E-state index is -0.708. The lowest BCUT2D eigenvalue weighted by molar-refractivity contribution is 0.137.